The van der Waals surface area contributed by atoms with E-state index >= 15 is 0 Å². The van der Waals surface area contributed by atoms with Crippen molar-refractivity contribution in [3.63, 3.8) is 0 Å². The van der Waals surface area contributed by atoms with Crippen LogP contribution >= 0.6 is 12.4 Å². The Morgan fingerprint density at radius 3 is 2.45 bits per heavy atom. The summed E-state index contributed by atoms with van der Waals surface area (Å²) in [5.41, 5.74) is 1.19. The molecule has 6 nitrogen and oxygen atoms in total. The predicted octanol–water partition coefficient (Wildman–Crippen LogP) is 2.31. The lowest BCUT2D eigenvalue weighted by Crippen LogP contribution is -2.34. The van der Waals surface area contributed by atoms with Crippen molar-refractivity contribution in [1.82, 2.24) is 10.6 Å². The fourth-order valence-corrected chi connectivity index (χ4v) is 2.02. The van der Waals surface area contributed by atoms with Crippen molar-refractivity contribution < 1.29 is 9.72 Å². The highest BCUT2D eigenvalue weighted by Gasteiger charge is 2.10. The molecule has 0 aliphatic rings. The van der Waals surface area contributed by atoms with Crippen molar-refractivity contribution >= 4 is 24.0 Å². The van der Waals surface area contributed by atoms with Gasteiger partial charge in [0.15, 0.2) is 0 Å². The lowest BCUT2D eigenvalue weighted by atomic mass is 10.1. The molecule has 1 unspecified atom stereocenters. The third kappa shape index (κ3) is 7.38. The van der Waals surface area contributed by atoms with E-state index in [9.17, 15) is 14.9 Å². The van der Waals surface area contributed by atoms with Gasteiger partial charge in [-0.05, 0) is 31.9 Å². The van der Waals surface area contributed by atoms with E-state index in [2.05, 4.69) is 10.6 Å². The number of carbonyl (C=O) groups excluding carboxylic acids is 1. The molecule has 7 heteroatoms. The Hall–Kier alpha value is -1.66. The molecule has 2 N–H and O–H groups in total. The second-order valence-corrected chi connectivity index (χ2v) is 5.13. The highest BCUT2D eigenvalue weighted by molar-refractivity contribution is 5.85. The maximum atomic E-state index is 11.7. The molecule has 1 rings (SSSR count). The molecule has 0 bridgehead atoms. The number of nitro groups is 1. The fourth-order valence-electron chi connectivity index (χ4n) is 2.02. The third-order valence-corrected chi connectivity index (χ3v) is 3.30. The van der Waals surface area contributed by atoms with Gasteiger partial charge in [0.1, 0.15) is 0 Å². The molecule has 0 spiro atoms. The zero-order valence-electron chi connectivity index (χ0n) is 13.0. The SMILES string of the molecule is CNCC(C)C(=O)NCCCCc1ccc([N+](=O)[O-])cc1.Cl. The lowest BCUT2D eigenvalue weighted by Gasteiger charge is -2.11. The highest BCUT2D eigenvalue weighted by Crippen LogP contribution is 2.13. The van der Waals surface area contributed by atoms with Crippen molar-refractivity contribution in [1.29, 1.82) is 0 Å². The zero-order valence-corrected chi connectivity index (χ0v) is 13.8. The van der Waals surface area contributed by atoms with Crippen LogP contribution < -0.4 is 10.6 Å². The van der Waals surface area contributed by atoms with E-state index in [0.29, 0.717) is 13.1 Å². The number of aryl methyl sites for hydroxylation is 1. The Morgan fingerprint density at radius 1 is 1.27 bits per heavy atom. The Bertz CT molecular complexity index is 466. The molecule has 1 aromatic carbocycles. The molecule has 0 fully saturated rings. The van der Waals surface area contributed by atoms with Gasteiger partial charge < -0.3 is 10.6 Å². The molecule has 1 atom stereocenters. The number of hydrogen-bond acceptors (Lipinski definition) is 4. The molecule has 0 aromatic heterocycles. The first-order valence-electron chi connectivity index (χ1n) is 7.20. The molecule has 0 saturated heterocycles. The number of carbonyl (C=O) groups is 1. The van der Waals surface area contributed by atoms with Gasteiger partial charge in [-0.1, -0.05) is 19.1 Å². The van der Waals surface area contributed by atoms with Crippen LogP contribution in [0.2, 0.25) is 0 Å². The van der Waals surface area contributed by atoms with E-state index in [-0.39, 0.29) is 29.9 Å². The summed E-state index contributed by atoms with van der Waals surface area (Å²) in [5, 5.41) is 16.4. The summed E-state index contributed by atoms with van der Waals surface area (Å²) in [5.74, 6) is 0.0457. The molecule has 1 aromatic rings. The second kappa shape index (κ2) is 11.0. The number of rotatable bonds is 9. The van der Waals surface area contributed by atoms with Crippen LogP contribution in [0.25, 0.3) is 0 Å². The second-order valence-electron chi connectivity index (χ2n) is 5.13. The standard InChI is InChI=1S/C15H23N3O3.ClH/c1-12(11-16-2)15(19)17-10-4-3-5-13-6-8-14(9-7-13)18(20)21;/h6-9,12,16H,3-5,10-11H2,1-2H3,(H,17,19);1H. The van der Waals surface area contributed by atoms with Gasteiger partial charge in [-0.2, -0.15) is 0 Å². The average molecular weight is 330 g/mol. The van der Waals surface area contributed by atoms with Crippen LogP contribution in [0.1, 0.15) is 25.3 Å². The molecule has 0 aliphatic heterocycles. The summed E-state index contributed by atoms with van der Waals surface area (Å²) in [4.78, 5) is 21.8. The average Bonchev–Trinajstić information content (AvgIpc) is 2.47. The first-order chi connectivity index (χ1) is 10.0. The number of nitro benzene ring substituents is 1. The number of unbranched alkanes of at least 4 members (excludes halogenated alkanes) is 1. The zero-order chi connectivity index (χ0) is 15.7. The Kier molecular flexibility index (Phi) is 10.2. The van der Waals surface area contributed by atoms with E-state index in [1.165, 1.54) is 12.1 Å². The smallest absolute Gasteiger partial charge is 0.269 e. The molecule has 0 radical (unpaired) electrons. The number of amides is 1. The highest BCUT2D eigenvalue weighted by atomic mass is 35.5. The summed E-state index contributed by atoms with van der Waals surface area (Å²) in [7, 11) is 1.83. The first kappa shape index (κ1) is 20.3. The van der Waals surface area contributed by atoms with Crippen LogP contribution in [-0.4, -0.2) is 31.0 Å². The van der Waals surface area contributed by atoms with E-state index in [0.717, 1.165) is 24.8 Å². The number of non-ortho nitro benzene ring substituents is 1. The molecule has 0 heterocycles. The Balaban J connectivity index is 0.00000441. The molecule has 1 amide bonds. The summed E-state index contributed by atoms with van der Waals surface area (Å²) in [6, 6.07) is 6.62. The van der Waals surface area contributed by atoms with Crippen LogP contribution in [0.5, 0.6) is 0 Å². The number of nitrogens with zero attached hydrogens (tertiary/aromatic N) is 1. The molecular formula is C15H24ClN3O3. The number of nitrogens with one attached hydrogen (secondary N) is 2. The van der Waals surface area contributed by atoms with Gasteiger partial charge >= 0.3 is 0 Å². The van der Waals surface area contributed by atoms with Crippen molar-refractivity contribution in [3.05, 3.63) is 39.9 Å². The van der Waals surface area contributed by atoms with Crippen molar-refractivity contribution in [3.8, 4) is 0 Å². The summed E-state index contributed by atoms with van der Waals surface area (Å²) >= 11 is 0. The predicted molar refractivity (Wildman–Crippen MR) is 89.4 cm³/mol. The largest absolute Gasteiger partial charge is 0.356 e. The van der Waals surface area contributed by atoms with Gasteiger partial charge in [0, 0.05) is 31.1 Å². The monoisotopic (exact) mass is 329 g/mol. The minimum Gasteiger partial charge on any atom is -0.356 e. The molecule has 0 saturated carbocycles. The quantitative estimate of drug-likeness (QED) is 0.413. The first-order valence-corrected chi connectivity index (χ1v) is 7.20. The molecule has 0 aliphatic carbocycles. The minimum absolute atomic E-state index is 0. The lowest BCUT2D eigenvalue weighted by molar-refractivity contribution is -0.384. The fraction of sp³-hybridized carbons (Fsp3) is 0.533. The summed E-state index contributed by atoms with van der Waals surface area (Å²) < 4.78 is 0. The van der Waals surface area contributed by atoms with Gasteiger partial charge in [-0.15, -0.1) is 12.4 Å². The van der Waals surface area contributed by atoms with E-state index < -0.39 is 4.92 Å². The number of hydrogen-bond donors (Lipinski definition) is 2. The maximum absolute atomic E-state index is 11.7. The molecule has 124 valence electrons. The van der Waals surface area contributed by atoms with E-state index in [1.807, 2.05) is 14.0 Å². The molecule has 22 heavy (non-hydrogen) atoms. The van der Waals surface area contributed by atoms with Gasteiger partial charge in [-0.25, -0.2) is 0 Å². The van der Waals surface area contributed by atoms with Crippen molar-refractivity contribution in [2.45, 2.75) is 26.2 Å². The van der Waals surface area contributed by atoms with E-state index in [1.54, 1.807) is 12.1 Å². The van der Waals surface area contributed by atoms with Crippen LogP contribution in [0.3, 0.4) is 0 Å². The summed E-state index contributed by atoms with van der Waals surface area (Å²) in [6.07, 6.45) is 2.70. The van der Waals surface area contributed by atoms with Gasteiger partial charge in [0.2, 0.25) is 5.91 Å². The van der Waals surface area contributed by atoms with E-state index in [4.69, 9.17) is 0 Å². The van der Waals surface area contributed by atoms with Crippen molar-refractivity contribution in [2.75, 3.05) is 20.1 Å². The number of halogens is 1. The van der Waals surface area contributed by atoms with Crippen LogP contribution in [0.4, 0.5) is 5.69 Å². The van der Waals surface area contributed by atoms with Gasteiger partial charge in [0.05, 0.1) is 4.92 Å². The Labute approximate surface area is 137 Å². The third-order valence-electron chi connectivity index (χ3n) is 3.30. The minimum atomic E-state index is -0.397. The summed E-state index contributed by atoms with van der Waals surface area (Å²) in [6.45, 7) is 3.23. The normalized spacial score (nSPS) is 11.4. The number of benzene rings is 1. The van der Waals surface area contributed by atoms with Crippen molar-refractivity contribution in [2.24, 2.45) is 5.92 Å². The van der Waals surface area contributed by atoms with Crippen LogP contribution in [0, 0.1) is 16.0 Å². The molecular weight excluding hydrogens is 306 g/mol. The van der Waals surface area contributed by atoms with Crippen LogP contribution in [0.15, 0.2) is 24.3 Å². The van der Waals surface area contributed by atoms with Crippen LogP contribution in [-0.2, 0) is 11.2 Å². The Morgan fingerprint density at radius 2 is 1.91 bits per heavy atom. The van der Waals surface area contributed by atoms with Gasteiger partial charge in [0.25, 0.3) is 5.69 Å². The van der Waals surface area contributed by atoms with Gasteiger partial charge in [-0.3, -0.25) is 14.9 Å². The maximum Gasteiger partial charge on any atom is 0.269 e. The topological polar surface area (TPSA) is 84.3 Å².